The van der Waals surface area contributed by atoms with Crippen LogP contribution in [0, 0.1) is 5.41 Å². The average Bonchev–Trinajstić information content (AvgIpc) is 2.76. The predicted octanol–water partition coefficient (Wildman–Crippen LogP) is 3.65. The number of rotatable bonds is 3. The number of piperidine rings is 1. The first-order valence-corrected chi connectivity index (χ1v) is 7.34. The lowest BCUT2D eigenvalue weighted by atomic mass is 9.80. The van der Waals surface area contributed by atoms with Gasteiger partial charge >= 0.3 is 5.97 Å². The standard InChI is InChI=1S/C13H18ClNO2S/c1-9(10-3-4-11(14)18-10)15-7-5-13(2,6-8-15)12(16)17/h3-4,9H,5-8H2,1-2H3,(H,16,17). The van der Waals surface area contributed by atoms with E-state index in [1.807, 2.05) is 13.0 Å². The molecule has 0 aliphatic carbocycles. The first kappa shape index (κ1) is 13.8. The van der Waals surface area contributed by atoms with E-state index in [1.165, 1.54) is 4.88 Å². The lowest BCUT2D eigenvalue weighted by Gasteiger charge is -2.39. The zero-order valence-electron chi connectivity index (χ0n) is 10.6. The molecule has 0 amide bonds. The third kappa shape index (κ3) is 2.71. The van der Waals surface area contributed by atoms with Crippen LogP contribution in [-0.4, -0.2) is 29.1 Å². The Morgan fingerprint density at radius 1 is 1.50 bits per heavy atom. The van der Waals surface area contributed by atoms with Crippen LogP contribution < -0.4 is 0 Å². The molecule has 0 radical (unpaired) electrons. The normalized spacial score (nSPS) is 21.7. The lowest BCUT2D eigenvalue weighted by molar-refractivity contribution is -0.151. The second kappa shape index (κ2) is 5.19. The summed E-state index contributed by atoms with van der Waals surface area (Å²) in [7, 11) is 0. The minimum absolute atomic E-state index is 0.320. The number of carboxylic acid groups (broad SMARTS) is 1. The maximum Gasteiger partial charge on any atom is 0.309 e. The van der Waals surface area contributed by atoms with E-state index in [0.29, 0.717) is 18.9 Å². The first-order chi connectivity index (χ1) is 8.42. The molecule has 2 rings (SSSR count). The summed E-state index contributed by atoms with van der Waals surface area (Å²) < 4.78 is 0.809. The van der Waals surface area contributed by atoms with Crippen molar-refractivity contribution in [3.05, 3.63) is 21.3 Å². The van der Waals surface area contributed by atoms with Crippen molar-refractivity contribution in [2.45, 2.75) is 32.7 Å². The topological polar surface area (TPSA) is 40.5 Å². The molecule has 1 aromatic rings. The highest BCUT2D eigenvalue weighted by molar-refractivity contribution is 7.16. The van der Waals surface area contributed by atoms with Gasteiger partial charge in [-0.3, -0.25) is 9.69 Å². The highest BCUT2D eigenvalue weighted by atomic mass is 35.5. The molecule has 1 atom stereocenters. The molecule has 0 saturated carbocycles. The number of halogens is 1. The average molecular weight is 288 g/mol. The number of likely N-dealkylation sites (tertiary alicyclic amines) is 1. The summed E-state index contributed by atoms with van der Waals surface area (Å²) >= 11 is 7.56. The van der Waals surface area contributed by atoms with E-state index in [0.717, 1.165) is 17.4 Å². The number of nitrogens with zero attached hydrogens (tertiary/aromatic N) is 1. The summed E-state index contributed by atoms with van der Waals surface area (Å²) in [5, 5.41) is 9.21. The number of hydrogen-bond donors (Lipinski definition) is 1. The van der Waals surface area contributed by atoms with E-state index in [2.05, 4.69) is 17.9 Å². The Labute approximate surface area is 116 Å². The summed E-state index contributed by atoms with van der Waals surface area (Å²) in [6.07, 6.45) is 1.43. The number of thiophene rings is 1. The fourth-order valence-electron chi connectivity index (χ4n) is 2.35. The lowest BCUT2D eigenvalue weighted by Crippen LogP contribution is -2.43. The Morgan fingerprint density at radius 2 is 2.11 bits per heavy atom. The van der Waals surface area contributed by atoms with Gasteiger partial charge in [-0.15, -0.1) is 11.3 Å². The van der Waals surface area contributed by atoms with Gasteiger partial charge in [0.05, 0.1) is 9.75 Å². The fourth-order valence-corrected chi connectivity index (χ4v) is 3.50. The fraction of sp³-hybridized carbons (Fsp3) is 0.615. The molecule has 1 unspecified atom stereocenters. The Bertz CT molecular complexity index is 438. The van der Waals surface area contributed by atoms with E-state index >= 15 is 0 Å². The Hall–Kier alpha value is -0.580. The highest BCUT2D eigenvalue weighted by Gasteiger charge is 2.38. The molecule has 0 aromatic carbocycles. The summed E-state index contributed by atoms with van der Waals surface area (Å²) in [5.74, 6) is -0.672. The van der Waals surface area contributed by atoms with Gasteiger partial charge in [0.2, 0.25) is 0 Å². The van der Waals surface area contributed by atoms with Gasteiger partial charge in [-0.2, -0.15) is 0 Å². The first-order valence-electron chi connectivity index (χ1n) is 6.15. The van der Waals surface area contributed by atoms with Crippen LogP contribution in [0.15, 0.2) is 12.1 Å². The van der Waals surface area contributed by atoms with Crippen molar-refractivity contribution in [2.75, 3.05) is 13.1 Å². The van der Waals surface area contributed by atoms with Gasteiger partial charge < -0.3 is 5.11 Å². The van der Waals surface area contributed by atoms with Crippen LogP contribution in [0.1, 0.15) is 37.6 Å². The molecule has 5 heteroatoms. The van der Waals surface area contributed by atoms with E-state index < -0.39 is 11.4 Å². The van der Waals surface area contributed by atoms with Crippen molar-refractivity contribution in [3.8, 4) is 0 Å². The number of carboxylic acids is 1. The van der Waals surface area contributed by atoms with E-state index in [9.17, 15) is 9.90 Å². The largest absolute Gasteiger partial charge is 0.481 e. The number of aliphatic carboxylic acids is 1. The molecule has 1 aliphatic heterocycles. The van der Waals surface area contributed by atoms with Gasteiger partial charge in [0, 0.05) is 10.9 Å². The summed E-state index contributed by atoms with van der Waals surface area (Å²) in [4.78, 5) is 14.8. The Kier molecular flexibility index (Phi) is 3.99. The molecule has 1 N–H and O–H groups in total. The van der Waals surface area contributed by atoms with Crippen molar-refractivity contribution in [1.82, 2.24) is 4.90 Å². The van der Waals surface area contributed by atoms with Gasteiger partial charge in [0.25, 0.3) is 0 Å². The Morgan fingerprint density at radius 3 is 2.56 bits per heavy atom. The van der Waals surface area contributed by atoms with Crippen LogP contribution in [0.25, 0.3) is 0 Å². The van der Waals surface area contributed by atoms with Crippen LogP contribution in [-0.2, 0) is 4.79 Å². The highest BCUT2D eigenvalue weighted by Crippen LogP contribution is 2.36. The zero-order chi connectivity index (χ0) is 13.3. The Balaban J connectivity index is 2.00. The molecule has 100 valence electrons. The van der Waals surface area contributed by atoms with Crippen molar-refractivity contribution in [2.24, 2.45) is 5.41 Å². The summed E-state index contributed by atoms with van der Waals surface area (Å²) in [6, 6.07) is 4.30. The quantitative estimate of drug-likeness (QED) is 0.922. The third-order valence-electron chi connectivity index (χ3n) is 3.97. The second-order valence-corrected chi connectivity index (χ2v) is 6.97. The van der Waals surface area contributed by atoms with E-state index in [4.69, 9.17) is 11.6 Å². The smallest absolute Gasteiger partial charge is 0.309 e. The van der Waals surface area contributed by atoms with Crippen LogP contribution in [0.5, 0.6) is 0 Å². The van der Waals surface area contributed by atoms with Crippen LogP contribution in [0.4, 0.5) is 0 Å². The van der Waals surface area contributed by atoms with Gasteiger partial charge in [0.15, 0.2) is 0 Å². The molecule has 1 aliphatic rings. The second-order valence-electron chi connectivity index (χ2n) is 5.22. The molecular weight excluding hydrogens is 270 g/mol. The number of carbonyl (C=O) groups is 1. The molecule has 1 saturated heterocycles. The zero-order valence-corrected chi connectivity index (χ0v) is 12.2. The number of hydrogen-bond acceptors (Lipinski definition) is 3. The molecule has 0 spiro atoms. The molecule has 1 aromatic heterocycles. The molecule has 0 bridgehead atoms. The molecular formula is C13H18ClNO2S. The molecule has 3 nitrogen and oxygen atoms in total. The van der Waals surface area contributed by atoms with Crippen molar-refractivity contribution in [3.63, 3.8) is 0 Å². The molecule has 1 fully saturated rings. The van der Waals surface area contributed by atoms with Crippen LogP contribution >= 0.6 is 22.9 Å². The minimum atomic E-state index is -0.672. The predicted molar refractivity (Wildman–Crippen MR) is 74.3 cm³/mol. The minimum Gasteiger partial charge on any atom is -0.481 e. The van der Waals surface area contributed by atoms with Crippen molar-refractivity contribution >= 4 is 28.9 Å². The van der Waals surface area contributed by atoms with Crippen LogP contribution in [0.2, 0.25) is 4.34 Å². The third-order valence-corrected chi connectivity index (χ3v) is 5.37. The summed E-state index contributed by atoms with van der Waals surface area (Å²) in [6.45, 7) is 5.67. The van der Waals surface area contributed by atoms with Crippen molar-refractivity contribution in [1.29, 1.82) is 0 Å². The SMILES string of the molecule is CC(c1ccc(Cl)s1)N1CCC(C)(C(=O)O)CC1. The van der Waals surface area contributed by atoms with Gasteiger partial charge in [-0.25, -0.2) is 0 Å². The monoisotopic (exact) mass is 287 g/mol. The summed E-state index contributed by atoms with van der Waals surface area (Å²) in [5.41, 5.74) is -0.552. The van der Waals surface area contributed by atoms with E-state index in [1.54, 1.807) is 11.3 Å². The van der Waals surface area contributed by atoms with Crippen molar-refractivity contribution < 1.29 is 9.90 Å². The van der Waals surface area contributed by atoms with Gasteiger partial charge in [-0.05, 0) is 51.9 Å². The maximum atomic E-state index is 11.2. The van der Waals surface area contributed by atoms with Gasteiger partial charge in [0.1, 0.15) is 0 Å². The van der Waals surface area contributed by atoms with E-state index in [-0.39, 0.29) is 0 Å². The molecule has 18 heavy (non-hydrogen) atoms. The van der Waals surface area contributed by atoms with Gasteiger partial charge in [-0.1, -0.05) is 11.6 Å². The van der Waals surface area contributed by atoms with Crippen LogP contribution in [0.3, 0.4) is 0 Å². The molecule has 2 heterocycles. The maximum absolute atomic E-state index is 11.2.